The van der Waals surface area contributed by atoms with E-state index in [1.807, 2.05) is 6.92 Å². The smallest absolute Gasteiger partial charge is 0.223 e. The van der Waals surface area contributed by atoms with E-state index >= 15 is 0 Å². The summed E-state index contributed by atoms with van der Waals surface area (Å²) in [4.78, 5) is 11.4. The second-order valence-electron chi connectivity index (χ2n) is 3.63. The van der Waals surface area contributed by atoms with Crippen LogP contribution in [0.5, 0.6) is 0 Å². The van der Waals surface area contributed by atoms with Gasteiger partial charge >= 0.3 is 0 Å². The highest BCUT2D eigenvalue weighted by atomic mass is 16.1. The van der Waals surface area contributed by atoms with Crippen molar-refractivity contribution in [3.8, 4) is 0 Å². The van der Waals surface area contributed by atoms with Gasteiger partial charge in [0.2, 0.25) is 5.91 Å². The van der Waals surface area contributed by atoms with Crippen LogP contribution in [0.2, 0.25) is 0 Å². The number of nitrogens with one attached hydrogen (secondary N) is 1. The normalized spacial score (nSPS) is 20.8. The first kappa shape index (κ1) is 9.52. The number of hydrogen-bond acceptors (Lipinski definition) is 2. The Hall–Kier alpha value is -0.570. The van der Waals surface area contributed by atoms with Gasteiger partial charge in [-0.05, 0) is 19.8 Å². The number of nitrogens with two attached hydrogens (primary N) is 1. The average molecular weight is 170 g/mol. The Bertz CT molecular complexity index is 153. The highest BCUT2D eigenvalue weighted by Gasteiger charge is 2.22. The first-order valence-electron chi connectivity index (χ1n) is 4.74. The lowest BCUT2D eigenvalue weighted by Crippen LogP contribution is -2.40. The van der Waals surface area contributed by atoms with Crippen LogP contribution < -0.4 is 11.1 Å². The van der Waals surface area contributed by atoms with Gasteiger partial charge in [0.15, 0.2) is 0 Å². The monoisotopic (exact) mass is 170 g/mol. The molecule has 0 bridgehead atoms. The largest absolute Gasteiger partial charge is 0.352 e. The summed E-state index contributed by atoms with van der Waals surface area (Å²) in [6.45, 7) is 2.46. The van der Waals surface area contributed by atoms with E-state index in [0.29, 0.717) is 6.54 Å². The van der Waals surface area contributed by atoms with Crippen LogP contribution in [0.3, 0.4) is 0 Å². The molecule has 0 spiro atoms. The minimum absolute atomic E-state index is 0.123. The van der Waals surface area contributed by atoms with Gasteiger partial charge in [0, 0.05) is 18.5 Å². The zero-order valence-corrected chi connectivity index (χ0v) is 7.68. The molecule has 1 aliphatic carbocycles. The van der Waals surface area contributed by atoms with Crippen molar-refractivity contribution in [1.29, 1.82) is 0 Å². The minimum atomic E-state index is 0.123. The van der Waals surface area contributed by atoms with E-state index in [1.54, 1.807) is 0 Å². The maximum Gasteiger partial charge on any atom is 0.223 e. The molecule has 12 heavy (non-hydrogen) atoms. The number of rotatable bonds is 3. The SMILES string of the molecule is CC(CN)NC(=O)C1CCCC1. The van der Waals surface area contributed by atoms with Crippen molar-refractivity contribution < 1.29 is 4.79 Å². The summed E-state index contributed by atoms with van der Waals surface area (Å²) < 4.78 is 0. The summed E-state index contributed by atoms with van der Waals surface area (Å²) in [6, 6.07) is 0.123. The fourth-order valence-electron chi connectivity index (χ4n) is 1.61. The third-order valence-electron chi connectivity index (χ3n) is 2.47. The van der Waals surface area contributed by atoms with Gasteiger partial charge in [-0.1, -0.05) is 12.8 Å². The van der Waals surface area contributed by atoms with Crippen LogP contribution in [0.1, 0.15) is 32.6 Å². The molecular weight excluding hydrogens is 152 g/mol. The molecule has 0 heterocycles. The third-order valence-corrected chi connectivity index (χ3v) is 2.47. The Labute approximate surface area is 73.7 Å². The van der Waals surface area contributed by atoms with Crippen molar-refractivity contribution >= 4 is 5.91 Å². The van der Waals surface area contributed by atoms with E-state index < -0.39 is 0 Å². The maximum absolute atomic E-state index is 11.4. The summed E-state index contributed by atoms with van der Waals surface area (Å²) in [6.07, 6.45) is 4.52. The van der Waals surface area contributed by atoms with Crippen molar-refractivity contribution in [2.45, 2.75) is 38.6 Å². The molecule has 1 amide bonds. The van der Waals surface area contributed by atoms with E-state index in [9.17, 15) is 4.79 Å². The lowest BCUT2D eigenvalue weighted by atomic mass is 10.1. The highest BCUT2D eigenvalue weighted by Crippen LogP contribution is 2.24. The fourth-order valence-corrected chi connectivity index (χ4v) is 1.61. The molecule has 0 aromatic carbocycles. The molecule has 1 aliphatic rings. The second-order valence-corrected chi connectivity index (χ2v) is 3.63. The zero-order valence-electron chi connectivity index (χ0n) is 7.68. The molecule has 0 aliphatic heterocycles. The van der Waals surface area contributed by atoms with Crippen molar-refractivity contribution in [3.63, 3.8) is 0 Å². The Balaban J connectivity index is 2.27. The number of carbonyl (C=O) groups excluding carboxylic acids is 1. The number of amides is 1. The van der Waals surface area contributed by atoms with Crippen LogP contribution in [0.4, 0.5) is 0 Å². The molecule has 0 saturated heterocycles. The van der Waals surface area contributed by atoms with Gasteiger partial charge in [-0.15, -0.1) is 0 Å². The second kappa shape index (κ2) is 4.45. The van der Waals surface area contributed by atoms with Crippen LogP contribution in [0, 0.1) is 5.92 Å². The molecule has 1 rings (SSSR count). The first-order chi connectivity index (χ1) is 5.74. The van der Waals surface area contributed by atoms with Crippen molar-refractivity contribution in [2.75, 3.05) is 6.54 Å². The quantitative estimate of drug-likeness (QED) is 0.653. The van der Waals surface area contributed by atoms with Gasteiger partial charge in [0.25, 0.3) is 0 Å². The van der Waals surface area contributed by atoms with Crippen molar-refractivity contribution in [1.82, 2.24) is 5.32 Å². The Kier molecular flexibility index (Phi) is 3.53. The molecule has 0 radical (unpaired) electrons. The van der Waals surface area contributed by atoms with Crippen LogP contribution in [-0.2, 0) is 4.79 Å². The maximum atomic E-state index is 11.4. The zero-order chi connectivity index (χ0) is 8.97. The molecular formula is C9H18N2O. The predicted molar refractivity (Wildman–Crippen MR) is 48.6 cm³/mol. The third kappa shape index (κ3) is 2.48. The summed E-state index contributed by atoms with van der Waals surface area (Å²) in [5.41, 5.74) is 5.40. The summed E-state index contributed by atoms with van der Waals surface area (Å²) >= 11 is 0. The van der Waals surface area contributed by atoms with E-state index in [2.05, 4.69) is 5.32 Å². The van der Waals surface area contributed by atoms with Crippen LogP contribution in [0.15, 0.2) is 0 Å². The minimum Gasteiger partial charge on any atom is -0.352 e. The first-order valence-corrected chi connectivity index (χ1v) is 4.74. The van der Waals surface area contributed by atoms with Gasteiger partial charge in [-0.25, -0.2) is 0 Å². The summed E-state index contributed by atoms with van der Waals surface area (Å²) in [7, 11) is 0. The molecule has 3 nitrogen and oxygen atoms in total. The number of carbonyl (C=O) groups is 1. The lowest BCUT2D eigenvalue weighted by molar-refractivity contribution is -0.125. The van der Waals surface area contributed by atoms with Gasteiger partial charge < -0.3 is 11.1 Å². The Morgan fingerprint density at radius 1 is 1.58 bits per heavy atom. The van der Waals surface area contributed by atoms with E-state index in [-0.39, 0.29) is 17.9 Å². The average Bonchev–Trinajstić information content (AvgIpc) is 2.56. The van der Waals surface area contributed by atoms with E-state index in [1.165, 1.54) is 12.8 Å². The molecule has 1 saturated carbocycles. The molecule has 0 aromatic heterocycles. The summed E-state index contributed by atoms with van der Waals surface area (Å²) in [5, 5.41) is 2.91. The topological polar surface area (TPSA) is 55.1 Å². The van der Waals surface area contributed by atoms with Crippen LogP contribution >= 0.6 is 0 Å². The van der Waals surface area contributed by atoms with Gasteiger partial charge in [0.1, 0.15) is 0 Å². The summed E-state index contributed by atoms with van der Waals surface area (Å²) in [5.74, 6) is 0.462. The van der Waals surface area contributed by atoms with Gasteiger partial charge in [-0.3, -0.25) is 4.79 Å². The highest BCUT2D eigenvalue weighted by molar-refractivity contribution is 5.79. The molecule has 0 aromatic rings. The standard InChI is InChI=1S/C9H18N2O/c1-7(6-10)11-9(12)8-4-2-3-5-8/h7-8H,2-6,10H2,1H3,(H,11,12). The molecule has 1 atom stereocenters. The van der Waals surface area contributed by atoms with E-state index in [0.717, 1.165) is 12.8 Å². The van der Waals surface area contributed by atoms with Crippen LogP contribution in [0.25, 0.3) is 0 Å². The fraction of sp³-hybridized carbons (Fsp3) is 0.889. The lowest BCUT2D eigenvalue weighted by Gasteiger charge is -2.14. The van der Waals surface area contributed by atoms with Crippen molar-refractivity contribution in [3.05, 3.63) is 0 Å². The van der Waals surface area contributed by atoms with Crippen molar-refractivity contribution in [2.24, 2.45) is 11.7 Å². The predicted octanol–water partition coefficient (Wildman–Crippen LogP) is 0.640. The molecule has 1 fully saturated rings. The van der Waals surface area contributed by atoms with E-state index in [4.69, 9.17) is 5.73 Å². The number of hydrogen-bond donors (Lipinski definition) is 2. The molecule has 70 valence electrons. The Morgan fingerprint density at radius 2 is 2.17 bits per heavy atom. The van der Waals surface area contributed by atoms with Gasteiger partial charge in [0.05, 0.1) is 0 Å². The molecule has 3 heteroatoms. The molecule has 3 N–H and O–H groups in total. The van der Waals surface area contributed by atoms with Crippen LogP contribution in [-0.4, -0.2) is 18.5 Å². The van der Waals surface area contributed by atoms with Gasteiger partial charge in [-0.2, -0.15) is 0 Å². The Morgan fingerprint density at radius 3 is 2.67 bits per heavy atom. The molecule has 1 unspecified atom stereocenters.